The molecule has 3 rings (SSSR count). The van der Waals surface area contributed by atoms with Crippen molar-refractivity contribution < 1.29 is 4.79 Å². The number of carbonyl (C=O) groups is 1. The van der Waals surface area contributed by atoms with Gasteiger partial charge in [-0.3, -0.25) is 4.79 Å². The van der Waals surface area contributed by atoms with Crippen molar-refractivity contribution in [3.05, 3.63) is 83.6 Å². The Labute approximate surface area is 160 Å². The van der Waals surface area contributed by atoms with Gasteiger partial charge in [0.25, 0.3) is 5.91 Å². The fraction of sp³-hybridized carbons (Fsp3) is 0.227. The third-order valence-corrected chi connectivity index (χ3v) is 4.34. The highest BCUT2D eigenvalue weighted by Crippen LogP contribution is 2.26. The summed E-state index contributed by atoms with van der Waals surface area (Å²) in [4.78, 5) is 14.2. The molecule has 1 N–H and O–H groups in total. The van der Waals surface area contributed by atoms with Crippen LogP contribution in [-0.2, 0) is 6.54 Å². The molecule has 1 amide bonds. The van der Waals surface area contributed by atoms with Crippen molar-refractivity contribution in [3.8, 4) is 0 Å². The Morgan fingerprint density at radius 1 is 0.963 bits per heavy atom. The zero-order chi connectivity index (χ0) is 19.2. The van der Waals surface area contributed by atoms with E-state index in [4.69, 9.17) is 0 Å². The van der Waals surface area contributed by atoms with Crippen LogP contribution in [0.5, 0.6) is 0 Å². The lowest BCUT2D eigenvalue weighted by Gasteiger charge is -2.17. The number of hydrogen-bond donors (Lipinski definition) is 1. The van der Waals surface area contributed by atoms with Crippen LogP contribution < -0.4 is 5.32 Å². The van der Waals surface area contributed by atoms with Crippen LogP contribution >= 0.6 is 0 Å². The first-order valence-corrected chi connectivity index (χ1v) is 9.03. The lowest BCUT2D eigenvalue weighted by Crippen LogP contribution is -2.27. The van der Waals surface area contributed by atoms with Crippen molar-refractivity contribution in [1.82, 2.24) is 15.1 Å². The van der Waals surface area contributed by atoms with E-state index in [-0.39, 0.29) is 5.91 Å². The molecule has 0 aliphatic heterocycles. The molecule has 138 valence electrons. The summed E-state index contributed by atoms with van der Waals surface area (Å²) in [5.74, 6) is 0.861. The molecule has 0 bridgehead atoms. The maximum Gasteiger partial charge on any atom is 0.274 e. The molecular weight excluding hydrogens is 336 g/mol. The first-order chi connectivity index (χ1) is 13.0. The van der Waals surface area contributed by atoms with E-state index in [0.717, 1.165) is 11.3 Å². The maximum atomic E-state index is 12.6. The molecule has 27 heavy (non-hydrogen) atoms. The maximum absolute atomic E-state index is 12.6. The highest BCUT2D eigenvalue weighted by atomic mass is 16.2. The summed E-state index contributed by atoms with van der Waals surface area (Å²) in [7, 11) is 1.77. The lowest BCUT2D eigenvalue weighted by molar-refractivity contribution is 0.0778. The predicted octanol–water partition coefficient (Wildman–Crippen LogP) is 4.62. The Morgan fingerprint density at radius 3 is 2.33 bits per heavy atom. The van der Waals surface area contributed by atoms with Gasteiger partial charge in [0.1, 0.15) is 0 Å². The van der Waals surface area contributed by atoms with Gasteiger partial charge in [-0.1, -0.05) is 62.4 Å². The second-order valence-electron chi connectivity index (χ2n) is 6.82. The monoisotopic (exact) mass is 360 g/mol. The average Bonchev–Trinajstić information content (AvgIpc) is 2.69. The van der Waals surface area contributed by atoms with Crippen molar-refractivity contribution in [2.24, 2.45) is 0 Å². The van der Waals surface area contributed by atoms with Gasteiger partial charge in [0, 0.05) is 19.3 Å². The van der Waals surface area contributed by atoms with Crippen LogP contribution in [0.1, 0.15) is 41.4 Å². The topological polar surface area (TPSA) is 58.1 Å². The molecule has 0 unspecified atom stereocenters. The van der Waals surface area contributed by atoms with Crippen molar-refractivity contribution in [3.63, 3.8) is 0 Å². The van der Waals surface area contributed by atoms with Crippen LogP contribution in [0.2, 0.25) is 0 Å². The van der Waals surface area contributed by atoms with Gasteiger partial charge in [0.05, 0.1) is 0 Å². The van der Waals surface area contributed by atoms with Crippen LogP contribution in [0.15, 0.2) is 66.7 Å². The highest BCUT2D eigenvalue weighted by Gasteiger charge is 2.14. The van der Waals surface area contributed by atoms with Crippen molar-refractivity contribution in [2.75, 3.05) is 12.4 Å². The van der Waals surface area contributed by atoms with Gasteiger partial charge in [-0.05, 0) is 35.2 Å². The number of rotatable bonds is 6. The number of carbonyl (C=O) groups excluding carboxylic acids is 1. The van der Waals surface area contributed by atoms with Gasteiger partial charge >= 0.3 is 0 Å². The Hall–Kier alpha value is -3.21. The molecule has 0 atom stereocenters. The summed E-state index contributed by atoms with van der Waals surface area (Å²) in [5, 5.41) is 11.6. The lowest BCUT2D eigenvalue weighted by atomic mass is 10.0. The predicted molar refractivity (Wildman–Crippen MR) is 108 cm³/mol. The Kier molecular flexibility index (Phi) is 5.81. The summed E-state index contributed by atoms with van der Waals surface area (Å²) in [6.45, 7) is 4.83. The van der Waals surface area contributed by atoms with E-state index in [0.29, 0.717) is 24.0 Å². The van der Waals surface area contributed by atoms with Crippen LogP contribution in [0.3, 0.4) is 0 Å². The van der Waals surface area contributed by atoms with Crippen molar-refractivity contribution >= 4 is 17.4 Å². The SMILES string of the molecule is CC(C)c1ccccc1Nc1ccc(C(=O)N(C)Cc2ccccc2)nn1. The van der Waals surface area contributed by atoms with Gasteiger partial charge in [-0.25, -0.2) is 0 Å². The van der Waals surface area contributed by atoms with E-state index in [9.17, 15) is 4.79 Å². The van der Waals surface area contributed by atoms with Crippen LogP contribution in [0.25, 0.3) is 0 Å². The van der Waals surface area contributed by atoms with Gasteiger partial charge in [-0.2, -0.15) is 0 Å². The van der Waals surface area contributed by atoms with E-state index in [1.54, 1.807) is 24.1 Å². The van der Waals surface area contributed by atoms with Crippen molar-refractivity contribution in [1.29, 1.82) is 0 Å². The smallest absolute Gasteiger partial charge is 0.274 e. The zero-order valence-electron chi connectivity index (χ0n) is 15.9. The van der Waals surface area contributed by atoms with Gasteiger partial charge in [0.2, 0.25) is 0 Å². The number of anilines is 2. The number of hydrogen-bond acceptors (Lipinski definition) is 4. The van der Waals surface area contributed by atoms with E-state index in [1.165, 1.54) is 5.56 Å². The molecule has 3 aromatic rings. The number of nitrogens with one attached hydrogen (secondary N) is 1. The fourth-order valence-corrected chi connectivity index (χ4v) is 2.89. The standard InChI is InChI=1S/C22H24N4O/c1-16(2)18-11-7-8-12-19(18)23-21-14-13-20(24-25-21)22(27)26(3)15-17-9-5-4-6-10-17/h4-14,16H,15H2,1-3H3,(H,23,25). The summed E-state index contributed by atoms with van der Waals surface area (Å²) >= 11 is 0. The molecule has 0 saturated carbocycles. The van der Waals surface area contributed by atoms with E-state index in [1.807, 2.05) is 48.5 Å². The molecule has 2 aromatic carbocycles. The van der Waals surface area contributed by atoms with E-state index >= 15 is 0 Å². The zero-order valence-corrected chi connectivity index (χ0v) is 15.9. The summed E-state index contributed by atoms with van der Waals surface area (Å²) in [6.07, 6.45) is 0. The molecule has 0 aliphatic rings. The van der Waals surface area contributed by atoms with Crippen LogP contribution in [0.4, 0.5) is 11.5 Å². The van der Waals surface area contributed by atoms with Gasteiger partial charge < -0.3 is 10.2 Å². The Bertz CT molecular complexity index is 892. The molecule has 5 nitrogen and oxygen atoms in total. The fourth-order valence-electron chi connectivity index (χ4n) is 2.89. The van der Waals surface area contributed by atoms with Gasteiger partial charge in [0.15, 0.2) is 11.5 Å². The molecule has 0 saturated heterocycles. The number of nitrogens with zero attached hydrogens (tertiary/aromatic N) is 3. The minimum absolute atomic E-state index is 0.152. The molecule has 1 heterocycles. The average molecular weight is 360 g/mol. The first kappa shape index (κ1) is 18.6. The second-order valence-corrected chi connectivity index (χ2v) is 6.82. The highest BCUT2D eigenvalue weighted by molar-refractivity contribution is 5.92. The van der Waals surface area contributed by atoms with Crippen LogP contribution in [-0.4, -0.2) is 28.1 Å². The number of benzene rings is 2. The molecular formula is C22H24N4O. The molecule has 5 heteroatoms. The summed E-state index contributed by atoms with van der Waals surface area (Å²) in [5.41, 5.74) is 3.62. The third-order valence-electron chi connectivity index (χ3n) is 4.34. The Morgan fingerprint density at radius 2 is 1.67 bits per heavy atom. The third kappa shape index (κ3) is 4.70. The van der Waals surface area contributed by atoms with E-state index in [2.05, 4.69) is 35.4 Å². The number of aromatic nitrogens is 2. The molecule has 1 aromatic heterocycles. The van der Waals surface area contributed by atoms with Gasteiger partial charge in [-0.15, -0.1) is 10.2 Å². The van der Waals surface area contributed by atoms with Crippen molar-refractivity contribution in [2.45, 2.75) is 26.3 Å². The molecule has 0 fully saturated rings. The molecule has 0 aliphatic carbocycles. The molecule has 0 radical (unpaired) electrons. The largest absolute Gasteiger partial charge is 0.338 e. The number of para-hydroxylation sites is 1. The quantitative estimate of drug-likeness (QED) is 0.697. The van der Waals surface area contributed by atoms with Crippen LogP contribution in [0, 0.1) is 0 Å². The second kappa shape index (κ2) is 8.45. The first-order valence-electron chi connectivity index (χ1n) is 9.03. The minimum atomic E-state index is -0.152. The summed E-state index contributed by atoms with van der Waals surface area (Å²) < 4.78 is 0. The normalized spacial score (nSPS) is 10.7. The molecule has 0 spiro atoms. The Balaban J connectivity index is 1.69. The summed E-state index contributed by atoms with van der Waals surface area (Å²) in [6, 6.07) is 21.5. The number of amides is 1. The minimum Gasteiger partial charge on any atom is -0.338 e. The van der Waals surface area contributed by atoms with E-state index < -0.39 is 0 Å².